The molecule has 120 valence electrons. The molecule has 0 radical (unpaired) electrons. The van der Waals surface area contributed by atoms with Gasteiger partial charge in [-0.1, -0.05) is 23.2 Å². The number of rotatable bonds is 2. The lowest BCUT2D eigenvalue weighted by Crippen LogP contribution is -2.18. The standard InChI is InChI=1S/C16H13Cl2NO4/c1-3-22-15(20)9-6-11-13(19-7(9)2)10-4-8(17)5-12(18)14(10)23-16(11)21/h4-6,16,21H,3H2,1-2H3/t16-/m1/s1. The third-order valence-electron chi connectivity index (χ3n) is 3.50. The molecular formula is C16H13Cl2NO4. The van der Waals surface area contributed by atoms with Gasteiger partial charge in [0.1, 0.15) is 0 Å². The fraction of sp³-hybridized carbons (Fsp3) is 0.250. The first-order chi connectivity index (χ1) is 10.9. The van der Waals surface area contributed by atoms with Crippen LogP contribution in [-0.2, 0) is 4.74 Å². The number of esters is 1. The van der Waals surface area contributed by atoms with Crippen molar-refractivity contribution in [2.24, 2.45) is 0 Å². The van der Waals surface area contributed by atoms with E-state index in [-0.39, 0.29) is 17.2 Å². The van der Waals surface area contributed by atoms with Crippen LogP contribution >= 0.6 is 23.2 Å². The Morgan fingerprint density at radius 3 is 2.83 bits per heavy atom. The second-order valence-electron chi connectivity index (χ2n) is 5.01. The van der Waals surface area contributed by atoms with Crippen LogP contribution in [0.2, 0.25) is 10.0 Å². The van der Waals surface area contributed by atoms with Crippen molar-refractivity contribution < 1.29 is 19.4 Å². The van der Waals surface area contributed by atoms with Crippen molar-refractivity contribution in [1.82, 2.24) is 4.98 Å². The summed E-state index contributed by atoms with van der Waals surface area (Å²) in [7, 11) is 0. The van der Waals surface area contributed by atoms with E-state index in [0.29, 0.717) is 33.3 Å². The molecule has 0 spiro atoms. The number of hydrogen-bond acceptors (Lipinski definition) is 5. The fourth-order valence-corrected chi connectivity index (χ4v) is 3.01. The molecule has 3 rings (SSSR count). The number of aromatic nitrogens is 1. The number of aliphatic hydroxyl groups is 1. The Morgan fingerprint density at radius 1 is 1.39 bits per heavy atom. The molecule has 1 aromatic heterocycles. The second kappa shape index (κ2) is 6.00. The van der Waals surface area contributed by atoms with Crippen LogP contribution < -0.4 is 4.74 Å². The van der Waals surface area contributed by atoms with E-state index in [0.717, 1.165) is 0 Å². The lowest BCUT2D eigenvalue weighted by Gasteiger charge is -2.26. The van der Waals surface area contributed by atoms with Crippen molar-refractivity contribution in [2.45, 2.75) is 20.1 Å². The van der Waals surface area contributed by atoms with Crippen LogP contribution in [0.1, 0.15) is 34.8 Å². The number of fused-ring (bicyclic) bond motifs is 3. The van der Waals surface area contributed by atoms with Crippen LogP contribution in [0.4, 0.5) is 0 Å². The summed E-state index contributed by atoms with van der Waals surface area (Å²) in [5.74, 6) is -0.186. The van der Waals surface area contributed by atoms with Crippen LogP contribution in [0.25, 0.3) is 11.3 Å². The van der Waals surface area contributed by atoms with Gasteiger partial charge in [-0.3, -0.25) is 4.98 Å². The summed E-state index contributed by atoms with van der Waals surface area (Å²) in [6.45, 7) is 3.67. The number of pyridine rings is 1. The highest BCUT2D eigenvalue weighted by atomic mass is 35.5. The van der Waals surface area contributed by atoms with Gasteiger partial charge in [-0.25, -0.2) is 4.79 Å². The van der Waals surface area contributed by atoms with Crippen molar-refractivity contribution in [3.05, 3.63) is 45.1 Å². The smallest absolute Gasteiger partial charge is 0.339 e. The highest BCUT2D eigenvalue weighted by Crippen LogP contribution is 2.46. The Kier molecular flexibility index (Phi) is 4.19. The average molecular weight is 354 g/mol. The van der Waals surface area contributed by atoms with Gasteiger partial charge in [-0.15, -0.1) is 0 Å². The predicted octanol–water partition coefficient (Wildman–Crippen LogP) is 3.92. The van der Waals surface area contributed by atoms with Crippen molar-refractivity contribution in [2.75, 3.05) is 6.61 Å². The lowest BCUT2D eigenvalue weighted by molar-refractivity contribution is -0.0216. The van der Waals surface area contributed by atoms with Crippen LogP contribution in [0.3, 0.4) is 0 Å². The molecule has 5 nitrogen and oxygen atoms in total. The van der Waals surface area contributed by atoms with Gasteiger partial charge in [-0.05, 0) is 32.0 Å². The molecule has 0 saturated carbocycles. The van der Waals surface area contributed by atoms with Crippen LogP contribution in [0.15, 0.2) is 18.2 Å². The van der Waals surface area contributed by atoms with Crippen LogP contribution in [0.5, 0.6) is 5.75 Å². The highest BCUT2D eigenvalue weighted by molar-refractivity contribution is 6.36. The van der Waals surface area contributed by atoms with Gasteiger partial charge in [-0.2, -0.15) is 0 Å². The number of aliphatic hydroxyl groups excluding tert-OH is 1. The summed E-state index contributed by atoms with van der Waals surface area (Å²) in [6, 6.07) is 4.71. The third kappa shape index (κ3) is 2.76. The fourth-order valence-electron chi connectivity index (χ4n) is 2.47. The molecule has 1 aliphatic heterocycles. The largest absolute Gasteiger partial charge is 0.462 e. The maximum absolute atomic E-state index is 12.0. The molecule has 0 unspecified atom stereocenters. The number of halogens is 2. The van der Waals surface area contributed by atoms with Gasteiger partial charge in [0.2, 0.25) is 6.29 Å². The second-order valence-corrected chi connectivity index (χ2v) is 5.86. The van der Waals surface area contributed by atoms with Crippen LogP contribution in [0, 0.1) is 6.92 Å². The highest BCUT2D eigenvalue weighted by Gasteiger charge is 2.30. The molecule has 7 heteroatoms. The van der Waals surface area contributed by atoms with Crippen molar-refractivity contribution in [3.8, 4) is 17.0 Å². The Morgan fingerprint density at radius 2 is 2.13 bits per heavy atom. The maximum atomic E-state index is 12.0. The number of ether oxygens (including phenoxy) is 2. The van der Waals surface area contributed by atoms with Crippen molar-refractivity contribution in [3.63, 3.8) is 0 Å². The van der Waals surface area contributed by atoms with E-state index in [1.807, 2.05) is 0 Å². The normalized spacial score (nSPS) is 15.4. The van der Waals surface area contributed by atoms with Gasteiger partial charge >= 0.3 is 5.97 Å². The van der Waals surface area contributed by atoms with E-state index in [1.165, 1.54) is 12.1 Å². The zero-order valence-electron chi connectivity index (χ0n) is 12.4. The monoisotopic (exact) mass is 353 g/mol. The van der Waals surface area contributed by atoms with Gasteiger partial charge in [0.05, 0.1) is 28.6 Å². The van der Waals surface area contributed by atoms with Crippen molar-refractivity contribution in [1.29, 1.82) is 0 Å². The average Bonchev–Trinajstić information content (AvgIpc) is 2.48. The molecule has 0 bridgehead atoms. The maximum Gasteiger partial charge on any atom is 0.339 e. The summed E-state index contributed by atoms with van der Waals surface area (Å²) in [6.07, 6.45) is -1.28. The van der Waals surface area contributed by atoms with Gasteiger partial charge in [0, 0.05) is 16.1 Å². The Hall–Kier alpha value is -1.82. The van der Waals surface area contributed by atoms with Gasteiger partial charge < -0.3 is 14.6 Å². The summed E-state index contributed by atoms with van der Waals surface area (Å²) in [5, 5.41) is 10.9. The van der Waals surface area contributed by atoms with E-state index >= 15 is 0 Å². The number of carbonyl (C=O) groups is 1. The zero-order chi connectivity index (χ0) is 16.7. The number of aryl methyl sites for hydroxylation is 1. The Bertz CT molecular complexity index is 807. The van der Waals surface area contributed by atoms with Gasteiger partial charge in [0.25, 0.3) is 0 Å². The lowest BCUT2D eigenvalue weighted by atomic mass is 9.99. The number of benzene rings is 1. The van der Waals surface area contributed by atoms with Crippen LogP contribution in [-0.4, -0.2) is 22.7 Å². The summed E-state index contributed by atoms with van der Waals surface area (Å²) >= 11 is 12.2. The first kappa shape index (κ1) is 16.1. The topological polar surface area (TPSA) is 68.7 Å². The minimum absolute atomic E-state index is 0.252. The molecule has 2 heterocycles. The Labute approximate surface area is 142 Å². The Balaban J connectivity index is 2.21. The molecule has 0 amide bonds. The SMILES string of the molecule is CCOC(=O)c1cc2c(nc1C)-c1cc(Cl)cc(Cl)c1O[C@H]2O. The molecule has 0 saturated heterocycles. The third-order valence-corrected chi connectivity index (χ3v) is 4.00. The quantitative estimate of drug-likeness (QED) is 0.828. The zero-order valence-corrected chi connectivity index (χ0v) is 13.9. The molecule has 0 aliphatic carbocycles. The number of nitrogens with zero attached hydrogens (tertiary/aromatic N) is 1. The van der Waals surface area contributed by atoms with E-state index in [2.05, 4.69) is 4.98 Å². The van der Waals surface area contributed by atoms with Crippen molar-refractivity contribution >= 4 is 29.2 Å². The summed E-state index contributed by atoms with van der Waals surface area (Å²) in [4.78, 5) is 16.4. The summed E-state index contributed by atoms with van der Waals surface area (Å²) in [5.41, 5.74) is 2.18. The van der Waals surface area contributed by atoms with E-state index < -0.39 is 12.3 Å². The predicted molar refractivity (Wildman–Crippen MR) is 86.0 cm³/mol. The molecule has 23 heavy (non-hydrogen) atoms. The first-order valence-corrected chi connectivity index (χ1v) is 7.70. The molecule has 1 aliphatic rings. The van der Waals surface area contributed by atoms with E-state index in [4.69, 9.17) is 32.7 Å². The molecular weight excluding hydrogens is 341 g/mol. The minimum Gasteiger partial charge on any atom is -0.462 e. The number of hydrogen-bond donors (Lipinski definition) is 1. The first-order valence-electron chi connectivity index (χ1n) is 6.95. The molecule has 2 aromatic rings. The molecule has 1 aromatic carbocycles. The molecule has 0 fully saturated rings. The molecule has 1 N–H and O–H groups in total. The molecule has 1 atom stereocenters. The minimum atomic E-state index is -1.28. The van der Waals surface area contributed by atoms with E-state index in [1.54, 1.807) is 19.9 Å². The van der Waals surface area contributed by atoms with E-state index in [9.17, 15) is 9.90 Å². The number of carbonyl (C=O) groups excluding carboxylic acids is 1. The summed E-state index contributed by atoms with van der Waals surface area (Å²) < 4.78 is 10.5. The van der Waals surface area contributed by atoms with Gasteiger partial charge in [0.15, 0.2) is 5.75 Å².